The molecule has 1 heterocycles. The van der Waals surface area contributed by atoms with Crippen LogP contribution in [-0.2, 0) is 22.0 Å². The molecule has 2 aromatic rings. The molecule has 0 saturated carbocycles. The van der Waals surface area contributed by atoms with Gasteiger partial charge in [-0.05, 0) is 36.1 Å². The third kappa shape index (κ3) is 7.23. The second-order valence-electron chi connectivity index (χ2n) is 7.34. The molecule has 0 spiro atoms. The van der Waals surface area contributed by atoms with Crippen molar-refractivity contribution in [2.75, 3.05) is 27.2 Å². The van der Waals surface area contributed by atoms with Crippen LogP contribution in [0.5, 0.6) is 0 Å². The van der Waals surface area contributed by atoms with Crippen LogP contribution in [-0.4, -0.2) is 45.9 Å². The lowest BCUT2D eigenvalue weighted by molar-refractivity contribution is 0.518. The molecule has 29 heavy (non-hydrogen) atoms. The third-order valence-electron chi connectivity index (χ3n) is 4.35. The van der Waals surface area contributed by atoms with E-state index in [2.05, 4.69) is 47.0 Å². The molecule has 0 saturated heterocycles. The maximum Gasteiger partial charge on any atom is 0.242 e. The first-order valence-electron chi connectivity index (χ1n) is 9.24. The Morgan fingerprint density at radius 3 is 2.31 bits per heavy atom. The van der Waals surface area contributed by atoms with Crippen LogP contribution < -0.4 is 10.6 Å². The minimum Gasteiger partial charge on any atom is -0.357 e. The lowest BCUT2D eigenvalue weighted by atomic mass is 9.91. The molecule has 6 nitrogen and oxygen atoms in total. The Hall–Kier alpha value is -1.17. The van der Waals surface area contributed by atoms with E-state index in [1.165, 1.54) is 23.3 Å². The fourth-order valence-corrected chi connectivity index (χ4v) is 4.30. The third-order valence-corrected chi connectivity index (χ3v) is 7.42. The van der Waals surface area contributed by atoms with Crippen LogP contribution in [0.15, 0.2) is 51.7 Å². The quantitative estimate of drug-likeness (QED) is 0.299. The number of aliphatic imine (C=N–C) groups is 1. The Balaban J connectivity index is 0.00000420. The first-order chi connectivity index (χ1) is 13.2. The van der Waals surface area contributed by atoms with Crippen molar-refractivity contribution < 1.29 is 8.42 Å². The minimum atomic E-state index is -3.41. The zero-order chi connectivity index (χ0) is 20.8. The van der Waals surface area contributed by atoms with Crippen molar-refractivity contribution in [3.63, 3.8) is 0 Å². The fourth-order valence-electron chi connectivity index (χ4n) is 2.55. The molecular weight excluding hydrogens is 519 g/mol. The lowest BCUT2D eigenvalue weighted by Crippen LogP contribution is -2.43. The molecule has 2 N–H and O–H groups in total. The van der Waals surface area contributed by atoms with Gasteiger partial charge in [0.05, 0.1) is 11.4 Å². The minimum absolute atomic E-state index is 0. The standard InChI is InChI=1S/C20H30N4O2S2.HI/c1-6-21-19(23-15-20(2,3)18-8-7-13-27-18)22-14-16-9-11-17(12-10-16)28(25,26)24(4)5;/h7-13H,6,14-15H2,1-5H3,(H2,21,22,23);1H. The van der Waals surface area contributed by atoms with Crippen molar-refractivity contribution in [3.05, 3.63) is 52.2 Å². The van der Waals surface area contributed by atoms with Crippen LogP contribution in [0.4, 0.5) is 0 Å². The van der Waals surface area contributed by atoms with Crippen LogP contribution in [0.25, 0.3) is 0 Å². The van der Waals surface area contributed by atoms with E-state index in [1.807, 2.05) is 6.92 Å². The van der Waals surface area contributed by atoms with E-state index in [9.17, 15) is 8.42 Å². The molecule has 162 valence electrons. The zero-order valence-electron chi connectivity index (χ0n) is 17.6. The van der Waals surface area contributed by atoms with Gasteiger partial charge in [0, 0.05) is 37.5 Å². The highest BCUT2D eigenvalue weighted by molar-refractivity contribution is 14.0. The molecule has 2 rings (SSSR count). The second kappa shape index (κ2) is 11.3. The van der Waals surface area contributed by atoms with Gasteiger partial charge in [0.2, 0.25) is 10.0 Å². The molecule has 0 aliphatic carbocycles. The van der Waals surface area contributed by atoms with Crippen LogP contribution in [0.3, 0.4) is 0 Å². The lowest BCUT2D eigenvalue weighted by Gasteiger charge is -2.25. The van der Waals surface area contributed by atoms with Gasteiger partial charge in [-0.25, -0.2) is 17.7 Å². The van der Waals surface area contributed by atoms with Crippen molar-refractivity contribution in [1.29, 1.82) is 0 Å². The highest BCUT2D eigenvalue weighted by atomic mass is 127. The summed E-state index contributed by atoms with van der Waals surface area (Å²) in [5.41, 5.74) is 0.958. The van der Waals surface area contributed by atoms with Gasteiger partial charge in [0.15, 0.2) is 5.96 Å². The Bertz CT molecular complexity index is 878. The molecule has 0 fully saturated rings. The smallest absolute Gasteiger partial charge is 0.242 e. The van der Waals surface area contributed by atoms with Gasteiger partial charge in [0.25, 0.3) is 0 Å². The predicted octanol–water partition coefficient (Wildman–Crippen LogP) is 3.65. The largest absolute Gasteiger partial charge is 0.357 e. The number of sulfonamides is 1. The summed E-state index contributed by atoms with van der Waals surface area (Å²) in [4.78, 5) is 6.25. The SMILES string of the molecule is CCNC(=NCc1ccc(S(=O)(=O)N(C)C)cc1)NCC(C)(C)c1cccs1.I. The Morgan fingerprint density at radius 2 is 1.79 bits per heavy atom. The van der Waals surface area contributed by atoms with E-state index in [0.29, 0.717) is 6.54 Å². The van der Waals surface area contributed by atoms with Crippen LogP contribution in [0.2, 0.25) is 0 Å². The van der Waals surface area contributed by atoms with Gasteiger partial charge < -0.3 is 10.6 Å². The summed E-state index contributed by atoms with van der Waals surface area (Å²) in [5, 5.41) is 8.77. The number of benzene rings is 1. The number of thiophene rings is 1. The van der Waals surface area contributed by atoms with Gasteiger partial charge in [-0.1, -0.05) is 32.0 Å². The summed E-state index contributed by atoms with van der Waals surface area (Å²) in [6, 6.07) is 11.1. The molecule has 0 aliphatic rings. The summed E-state index contributed by atoms with van der Waals surface area (Å²) >= 11 is 1.76. The van der Waals surface area contributed by atoms with E-state index >= 15 is 0 Å². The number of nitrogens with zero attached hydrogens (tertiary/aromatic N) is 2. The molecular formula is C20H31IN4O2S2. The van der Waals surface area contributed by atoms with Gasteiger partial charge in [0.1, 0.15) is 0 Å². The first kappa shape index (κ1) is 25.9. The Labute approximate surface area is 195 Å². The highest BCUT2D eigenvalue weighted by Gasteiger charge is 2.22. The van der Waals surface area contributed by atoms with Gasteiger partial charge in [-0.3, -0.25) is 0 Å². The van der Waals surface area contributed by atoms with Gasteiger partial charge in [-0.2, -0.15) is 0 Å². The van der Waals surface area contributed by atoms with Gasteiger partial charge >= 0.3 is 0 Å². The van der Waals surface area contributed by atoms with E-state index in [-0.39, 0.29) is 34.3 Å². The summed E-state index contributed by atoms with van der Waals surface area (Å²) in [6.07, 6.45) is 0. The molecule has 1 aromatic heterocycles. The zero-order valence-corrected chi connectivity index (χ0v) is 21.6. The van der Waals surface area contributed by atoms with Crippen LogP contribution >= 0.6 is 35.3 Å². The van der Waals surface area contributed by atoms with E-state index in [4.69, 9.17) is 0 Å². The molecule has 0 bridgehead atoms. The Kier molecular flexibility index (Phi) is 10.1. The molecule has 0 radical (unpaired) electrons. The van der Waals surface area contributed by atoms with E-state index in [0.717, 1.165) is 24.6 Å². The van der Waals surface area contributed by atoms with Crippen molar-refractivity contribution in [1.82, 2.24) is 14.9 Å². The first-order valence-corrected chi connectivity index (χ1v) is 11.6. The summed E-state index contributed by atoms with van der Waals surface area (Å²) in [7, 11) is -0.352. The van der Waals surface area contributed by atoms with E-state index in [1.54, 1.807) is 35.6 Å². The number of hydrogen-bond donors (Lipinski definition) is 2. The summed E-state index contributed by atoms with van der Waals surface area (Å²) in [5.74, 6) is 0.747. The predicted molar refractivity (Wildman–Crippen MR) is 133 cm³/mol. The number of hydrogen-bond acceptors (Lipinski definition) is 4. The van der Waals surface area contributed by atoms with Crippen molar-refractivity contribution >= 4 is 51.3 Å². The normalized spacial score (nSPS) is 12.6. The van der Waals surface area contributed by atoms with E-state index < -0.39 is 10.0 Å². The molecule has 0 amide bonds. The average Bonchev–Trinajstić information content (AvgIpc) is 3.20. The number of guanidine groups is 1. The summed E-state index contributed by atoms with van der Waals surface area (Å²) < 4.78 is 25.5. The summed E-state index contributed by atoms with van der Waals surface area (Å²) in [6.45, 7) is 8.45. The topological polar surface area (TPSA) is 73.8 Å². The highest BCUT2D eigenvalue weighted by Crippen LogP contribution is 2.26. The van der Waals surface area contributed by atoms with Crippen molar-refractivity contribution in [3.8, 4) is 0 Å². The molecule has 1 aromatic carbocycles. The van der Waals surface area contributed by atoms with Crippen molar-refractivity contribution in [2.45, 2.75) is 37.6 Å². The Morgan fingerprint density at radius 1 is 1.14 bits per heavy atom. The molecule has 0 aliphatic heterocycles. The molecule has 0 unspecified atom stereocenters. The maximum absolute atomic E-state index is 12.2. The fraction of sp³-hybridized carbons (Fsp3) is 0.450. The van der Waals surface area contributed by atoms with Gasteiger partial charge in [-0.15, -0.1) is 35.3 Å². The molecule has 9 heteroatoms. The monoisotopic (exact) mass is 550 g/mol. The maximum atomic E-state index is 12.2. The average molecular weight is 551 g/mol. The number of rotatable bonds is 8. The second-order valence-corrected chi connectivity index (χ2v) is 10.4. The number of nitrogens with one attached hydrogen (secondary N) is 2. The molecule has 0 atom stereocenters. The van der Waals surface area contributed by atoms with Crippen molar-refractivity contribution in [2.24, 2.45) is 4.99 Å². The van der Waals surface area contributed by atoms with Crippen LogP contribution in [0, 0.1) is 0 Å². The van der Waals surface area contributed by atoms with Crippen LogP contribution in [0.1, 0.15) is 31.2 Å². The number of halogens is 1.